The fourth-order valence-corrected chi connectivity index (χ4v) is 3.04. The number of benzene rings is 1. The fraction of sp³-hybridized carbons (Fsp3) is 0.556. The molecule has 1 aromatic heterocycles. The predicted octanol–water partition coefficient (Wildman–Crippen LogP) is 4.42. The molecule has 5 heteroatoms. The minimum atomic E-state index is -0.470. The van der Waals surface area contributed by atoms with Gasteiger partial charge in [0.2, 0.25) is 0 Å². The van der Waals surface area contributed by atoms with Crippen LogP contribution in [0.2, 0.25) is 5.02 Å². The van der Waals surface area contributed by atoms with Crippen molar-refractivity contribution in [1.29, 1.82) is 0 Å². The number of nitrogens with one attached hydrogen (secondary N) is 1. The maximum atomic E-state index is 6.51. The van der Waals surface area contributed by atoms with Gasteiger partial charge in [-0.05, 0) is 45.2 Å². The van der Waals surface area contributed by atoms with Gasteiger partial charge in [-0.2, -0.15) is 0 Å². The molecule has 1 saturated heterocycles. The van der Waals surface area contributed by atoms with Gasteiger partial charge in [-0.15, -0.1) is 0 Å². The molecule has 1 N–H and O–H groups in total. The Labute approximate surface area is 143 Å². The number of halogens is 1. The summed E-state index contributed by atoms with van der Waals surface area (Å²) in [6.07, 6.45) is 0. The van der Waals surface area contributed by atoms with E-state index in [0.717, 1.165) is 16.4 Å². The largest absolute Gasteiger partial charge is 0.498 e. The molecule has 124 valence electrons. The average Bonchev–Trinajstić information content (AvgIpc) is 2.88. The van der Waals surface area contributed by atoms with Gasteiger partial charge in [0.05, 0.1) is 11.2 Å². The number of H-pyrrole nitrogens is 1. The molecule has 0 amide bonds. The van der Waals surface area contributed by atoms with E-state index in [-0.39, 0.29) is 16.6 Å². The molecule has 3 nitrogen and oxygen atoms in total. The molecule has 2 heterocycles. The minimum absolute atomic E-state index is 0.0404. The molecule has 0 aliphatic carbocycles. The zero-order valence-corrected chi connectivity index (χ0v) is 15.8. The third kappa shape index (κ3) is 2.71. The summed E-state index contributed by atoms with van der Waals surface area (Å²) in [5.74, 6) is 0. The normalized spacial score (nSPS) is 20.4. The van der Waals surface area contributed by atoms with Gasteiger partial charge in [-0.25, -0.2) is 0 Å². The average molecular weight is 334 g/mol. The van der Waals surface area contributed by atoms with Crippen LogP contribution in [0.25, 0.3) is 10.9 Å². The second-order valence-corrected chi connectivity index (χ2v) is 8.85. The zero-order chi connectivity index (χ0) is 17.2. The van der Waals surface area contributed by atoms with Crippen LogP contribution in [-0.4, -0.2) is 23.3 Å². The lowest BCUT2D eigenvalue weighted by atomic mass is 9.78. The second-order valence-electron chi connectivity index (χ2n) is 8.45. The van der Waals surface area contributed by atoms with Crippen molar-refractivity contribution in [2.75, 3.05) is 0 Å². The second kappa shape index (κ2) is 5.01. The van der Waals surface area contributed by atoms with Gasteiger partial charge < -0.3 is 14.3 Å². The lowest BCUT2D eigenvalue weighted by molar-refractivity contribution is 0.00578. The molecule has 0 atom stereocenters. The van der Waals surface area contributed by atoms with E-state index in [4.69, 9.17) is 20.9 Å². The monoisotopic (exact) mass is 333 g/mol. The Morgan fingerprint density at radius 1 is 1.04 bits per heavy atom. The van der Waals surface area contributed by atoms with Crippen LogP contribution < -0.4 is 5.46 Å². The fourth-order valence-electron chi connectivity index (χ4n) is 2.79. The maximum absolute atomic E-state index is 6.51. The van der Waals surface area contributed by atoms with Gasteiger partial charge in [0.15, 0.2) is 0 Å². The van der Waals surface area contributed by atoms with Crippen LogP contribution in [0.3, 0.4) is 0 Å². The predicted molar refractivity (Wildman–Crippen MR) is 97.7 cm³/mol. The molecule has 0 bridgehead atoms. The van der Waals surface area contributed by atoms with Crippen molar-refractivity contribution in [3.05, 3.63) is 28.9 Å². The number of hydrogen-bond acceptors (Lipinski definition) is 2. The molecule has 1 aromatic carbocycles. The molecular weight excluding hydrogens is 308 g/mol. The van der Waals surface area contributed by atoms with Crippen molar-refractivity contribution in [2.45, 2.75) is 65.1 Å². The summed E-state index contributed by atoms with van der Waals surface area (Å²) in [5.41, 5.74) is 2.33. The van der Waals surface area contributed by atoms with Crippen LogP contribution in [0.5, 0.6) is 0 Å². The standard InChI is InChI=1S/C18H25BClNO2/c1-16(2,3)13-10-11-8-9-12(20)14(15(11)21-13)19-22-17(4,5)18(6,7)23-19/h8-10,21H,1-7H3. The summed E-state index contributed by atoms with van der Waals surface area (Å²) in [6, 6.07) is 6.14. The molecule has 0 spiro atoms. The van der Waals surface area contributed by atoms with Crippen LogP contribution in [0, 0.1) is 0 Å². The van der Waals surface area contributed by atoms with Gasteiger partial charge >= 0.3 is 7.12 Å². The highest BCUT2D eigenvalue weighted by Crippen LogP contribution is 2.38. The summed E-state index contributed by atoms with van der Waals surface area (Å²) < 4.78 is 12.4. The Morgan fingerprint density at radius 2 is 1.61 bits per heavy atom. The van der Waals surface area contributed by atoms with Crippen LogP contribution in [-0.2, 0) is 14.7 Å². The van der Waals surface area contributed by atoms with Crippen molar-refractivity contribution in [3.8, 4) is 0 Å². The van der Waals surface area contributed by atoms with Gasteiger partial charge in [0, 0.05) is 27.1 Å². The summed E-state index contributed by atoms with van der Waals surface area (Å²) in [7, 11) is -0.470. The van der Waals surface area contributed by atoms with E-state index in [0.29, 0.717) is 5.02 Å². The van der Waals surface area contributed by atoms with E-state index in [2.05, 4.69) is 59.5 Å². The number of fused-ring (bicyclic) bond motifs is 1. The molecule has 0 unspecified atom stereocenters. The highest BCUT2D eigenvalue weighted by atomic mass is 35.5. The molecule has 1 aliphatic rings. The van der Waals surface area contributed by atoms with Crippen LogP contribution >= 0.6 is 11.6 Å². The quantitative estimate of drug-likeness (QED) is 0.784. The highest BCUT2D eigenvalue weighted by molar-refractivity contribution is 6.68. The van der Waals surface area contributed by atoms with Crippen molar-refractivity contribution in [3.63, 3.8) is 0 Å². The third-order valence-corrected chi connectivity index (χ3v) is 5.41. The summed E-state index contributed by atoms with van der Waals surface area (Å²) in [6.45, 7) is 14.8. The van der Waals surface area contributed by atoms with Gasteiger partial charge in [-0.3, -0.25) is 0 Å². The summed E-state index contributed by atoms with van der Waals surface area (Å²) >= 11 is 6.51. The first-order valence-corrected chi connectivity index (χ1v) is 8.47. The molecule has 3 rings (SSSR count). The minimum Gasteiger partial charge on any atom is -0.399 e. The number of aromatic nitrogens is 1. The Balaban J connectivity index is 2.15. The van der Waals surface area contributed by atoms with Gasteiger partial charge in [0.25, 0.3) is 0 Å². The molecule has 0 radical (unpaired) electrons. The lowest BCUT2D eigenvalue weighted by Crippen LogP contribution is -2.41. The first-order valence-electron chi connectivity index (χ1n) is 8.10. The van der Waals surface area contributed by atoms with E-state index in [9.17, 15) is 0 Å². The van der Waals surface area contributed by atoms with Gasteiger partial charge in [0.1, 0.15) is 0 Å². The molecule has 23 heavy (non-hydrogen) atoms. The molecular formula is C18H25BClNO2. The number of rotatable bonds is 1. The highest BCUT2D eigenvalue weighted by Gasteiger charge is 2.52. The Kier molecular flexibility index (Phi) is 3.68. The molecule has 1 fully saturated rings. The molecule has 0 saturated carbocycles. The SMILES string of the molecule is CC(C)(C)c1cc2ccc(Cl)c(B3OC(C)(C)C(C)(C)O3)c2[nH]1. The Morgan fingerprint density at radius 3 is 2.13 bits per heavy atom. The van der Waals surface area contributed by atoms with E-state index < -0.39 is 7.12 Å². The van der Waals surface area contributed by atoms with Crippen molar-refractivity contribution < 1.29 is 9.31 Å². The van der Waals surface area contributed by atoms with Crippen molar-refractivity contribution in [1.82, 2.24) is 4.98 Å². The first kappa shape index (κ1) is 16.9. The van der Waals surface area contributed by atoms with E-state index in [1.807, 2.05) is 12.1 Å². The van der Waals surface area contributed by atoms with Crippen LogP contribution in [0.1, 0.15) is 54.2 Å². The van der Waals surface area contributed by atoms with Crippen LogP contribution in [0.15, 0.2) is 18.2 Å². The topological polar surface area (TPSA) is 34.2 Å². The molecule has 2 aromatic rings. The van der Waals surface area contributed by atoms with Crippen LogP contribution in [0.4, 0.5) is 0 Å². The lowest BCUT2D eigenvalue weighted by Gasteiger charge is -2.32. The number of hydrogen-bond donors (Lipinski definition) is 1. The van der Waals surface area contributed by atoms with Gasteiger partial charge in [-0.1, -0.05) is 38.4 Å². The summed E-state index contributed by atoms with van der Waals surface area (Å²) in [4.78, 5) is 3.53. The first-order chi connectivity index (χ1) is 10.4. The van der Waals surface area contributed by atoms with Crippen molar-refractivity contribution >= 4 is 35.1 Å². The van der Waals surface area contributed by atoms with E-state index in [1.165, 1.54) is 5.69 Å². The van der Waals surface area contributed by atoms with E-state index >= 15 is 0 Å². The Bertz CT molecular complexity index is 742. The number of aromatic amines is 1. The summed E-state index contributed by atoms with van der Waals surface area (Å²) in [5, 5.41) is 1.79. The smallest absolute Gasteiger partial charge is 0.399 e. The Hall–Kier alpha value is -0.965. The maximum Gasteiger partial charge on any atom is 0.498 e. The van der Waals surface area contributed by atoms with E-state index in [1.54, 1.807) is 0 Å². The zero-order valence-electron chi connectivity index (χ0n) is 15.0. The third-order valence-electron chi connectivity index (χ3n) is 5.08. The van der Waals surface area contributed by atoms with Crippen molar-refractivity contribution in [2.24, 2.45) is 0 Å². The molecule has 1 aliphatic heterocycles.